The molecule has 2 heterocycles. The van der Waals surface area contributed by atoms with Crippen LogP contribution in [0.1, 0.15) is 0 Å². The van der Waals surface area contributed by atoms with Gasteiger partial charge in [0.15, 0.2) is 22.2 Å². The quantitative estimate of drug-likeness (QED) is 0.655. The Morgan fingerprint density at radius 1 is 1.07 bits per heavy atom. The number of nitrogens with zero attached hydrogens (tertiary/aromatic N) is 4. The number of thioether (sulfide) groups is 2. The van der Waals surface area contributed by atoms with E-state index in [0.717, 1.165) is 0 Å². The minimum Gasteiger partial charge on any atom is -0.242 e. The molecule has 2 aliphatic heterocycles. The Kier molecular flexibility index (Phi) is 2.94. The van der Waals surface area contributed by atoms with Gasteiger partial charge in [-0.1, -0.05) is 35.1 Å². The molecule has 1 unspecified atom stereocenters. The molecule has 2 aliphatic rings. The highest BCUT2D eigenvalue weighted by Crippen LogP contribution is 2.21. The van der Waals surface area contributed by atoms with E-state index in [1.807, 2.05) is 12.5 Å². The van der Waals surface area contributed by atoms with Crippen molar-refractivity contribution in [3.63, 3.8) is 0 Å². The summed E-state index contributed by atoms with van der Waals surface area (Å²) in [5.41, 5.74) is 0. The van der Waals surface area contributed by atoms with Crippen LogP contribution in [0.5, 0.6) is 0 Å². The first kappa shape index (κ1) is 10.2. The Morgan fingerprint density at radius 2 is 1.79 bits per heavy atom. The Bertz CT molecular complexity index is 385. The van der Waals surface area contributed by atoms with Crippen molar-refractivity contribution < 1.29 is 0 Å². The topological polar surface area (TPSA) is 49.4 Å². The first-order valence-electron chi connectivity index (χ1n) is 3.81. The maximum atomic E-state index is 5.97. The minimum absolute atomic E-state index is 0.269. The molecule has 0 fully saturated rings. The molecule has 0 bridgehead atoms. The van der Waals surface area contributed by atoms with E-state index in [2.05, 4.69) is 20.0 Å². The summed E-state index contributed by atoms with van der Waals surface area (Å²) in [6, 6.07) is -0.269. The lowest BCUT2D eigenvalue weighted by molar-refractivity contribution is 1.16. The van der Waals surface area contributed by atoms with Gasteiger partial charge in [0.25, 0.3) is 0 Å². The van der Waals surface area contributed by atoms with Crippen molar-refractivity contribution in [2.45, 2.75) is 6.04 Å². The van der Waals surface area contributed by atoms with Crippen LogP contribution in [0.15, 0.2) is 20.0 Å². The molecular formula is C7H7ClN4S2. The van der Waals surface area contributed by atoms with Crippen molar-refractivity contribution in [1.82, 2.24) is 0 Å². The third kappa shape index (κ3) is 1.74. The summed E-state index contributed by atoms with van der Waals surface area (Å²) in [5, 5.41) is 1.80. The van der Waals surface area contributed by atoms with Gasteiger partial charge < -0.3 is 0 Å². The van der Waals surface area contributed by atoms with Crippen LogP contribution in [0.4, 0.5) is 0 Å². The molecule has 0 aliphatic carbocycles. The van der Waals surface area contributed by atoms with Gasteiger partial charge in [-0.05, 0) is 12.5 Å². The predicted octanol–water partition coefficient (Wildman–Crippen LogP) is 1.86. The molecule has 14 heavy (non-hydrogen) atoms. The van der Waals surface area contributed by atoms with Crippen molar-refractivity contribution >= 4 is 56.5 Å². The largest absolute Gasteiger partial charge is 0.242 e. The number of rotatable bonds is 0. The molecule has 0 aromatic heterocycles. The zero-order valence-electron chi connectivity index (χ0n) is 7.56. The molecule has 0 saturated heterocycles. The van der Waals surface area contributed by atoms with E-state index in [4.69, 9.17) is 11.6 Å². The van der Waals surface area contributed by atoms with Crippen molar-refractivity contribution in [3.05, 3.63) is 0 Å². The lowest BCUT2D eigenvalue weighted by atomic mass is 10.3. The Labute approximate surface area is 95.0 Å². The molecule has 7 heteroatoms. The smallest absolute Gasteiger partial charge is 0.190 e. The summed E-state index contributed by atoms with van der Waals surface area (Å²) in [4.78, 5) is 16.9. The highest BCUT2D eigenvalue weighted by atomic mass is 35.5. The van der Waals surface area contributed by atoms with E-state index in [1.54, 1.807) is 0 Å². The third-order valence-electron chi connectivity index (χ3n) is 1.70. The standard InChI is InChI=1S/C7H7ClN4S2/c1-13-6-9-3-4(8)10-7(14-2)12-5(3)11-6/h3H,1-2H3. The van der Waals surface area contributed by atoms with Gasteiger partial charge in [0.1, 0.15) is 5.17 Å². The summed E-state index contributed by atoms with van der Waals surface area (Å²) in [6.45, 7) is 0. The summed E-state index contributed by atoms with van der Waals surface area (Å²) < 4.78 is 0. The first-order valence-corrected chi connectivity index (χ1v) is 6.64. The van der Waals surface area contributed by atoms with Gasteiger partial charge in [0.2, 0.25) is 0 Å². The monoisotopic (exact) mass is 246 g/mol. The van der Waals surface area contributed by atoms with E-state index in [1.165, 1.54) is 23.5 Å². The molecule has 0 saturated carbocycles. The van der Waals surface area contributed by atoms with Gasteiger partial charge in [0, 0.05) is 0 Å². The van der Waals surface area contributed by atoms with Crippen molar-refractivity contribution in [3.8, 4) is 0 Å². The van der Waals surface area contributed by atoms with E-state index in [-0.39, 0.29) is 6.04 Å². The summed E-state index contributed by atoms with van der Waals surface area (Å²) in [5.74, 6) is 0.652. The number of aliphatic imine (C=N–C) groups is 4. The van der Waals surface area contributed by atoms with Crippen LogP contribution in [-0.4, -0.2) is 39.9 Å². The molecule has 0 aromatic carbocycles. The van der Waals surface area contributed by atoms with Crippen molar-refractivity contribution in [2.24, 2.45) is 20.0 Å². The van der Waals surface area contributed by atoms with E-state index in [0.29, 0.717) is 21.3 Å². The normalized spacial score (nSPS) is 24.9. The van der Waals surface area contributed by atoms with Crippen LogP contribution in [0, 0.1) is 0 Å². The van der Waals surface area contributed by atoms with Crippen LogP contribution in [0.2, 0.25) is 0 Å². The van der Waals surface area contributed by atoms with Gasteiger partial charge in [-0.2, -0.15) is 0 Å². The molecule has 0 spiro atoms. The third-order valence-corrected chi connectivity index (χ3v) is 3.10. The van der Waals surface area contributed by atoms with Gasteiger partial charge in [-0.25, -0.2) is 20.0 Å². The second-order valence-corrected chi connectivity index (χ2v) is 4.46. The van der Waals surface area contributed by atoms with Crippen LogP contribution in [0.3, 0.4) is 0 Å². The molecule has 0 aromatic rings. The fourth-order valence-corrected chi connectivity index (χ4v) is 2.11. The van der Waals surface area contributed by atoms with Gasteiger partial charge in [-0.15, -0.1) is 0 Å². The zero-order valence-corrected chi connectivity index (χ0v) is 9.95. The average molecular weight is 247 g/mol. The molecule has 74 valence electrons. The lowest BCUT2D eigenvalue weighted by Gasteiger charge is -2.10. The highest BCUT2D eigenvalue weighted by Gasteiger charge is 2.30. The van der Waals surface area contributed by atoms with Crippen molar-refractivity contribution in [2.75, 3.05) is 12.5 Å². The number of hydrogen-bond acceptors (Lipinski definition) is 6. The molecule has 0 radical (unpaired) electrons. The number of halogens is 1. The number of fused-ring (bicyclic) bond motifs is 1. The maximum Gasteiger partial charge on any atom is 0.190 e. The van der Waals surface area contributed by atoms with E-state index >= 15 is 0 Å². The van der Waals surface area contributed by atoms with Crippen molar-refractivity contribution in [1.29, 1.82) is 0 Å². The fourth-order valence-electron chi connectivity index (χ4n) is 1.07. The Hall–Kier alpha value is -0.330. The fraction of sp³-hybridized carbons (Fsp3) is 0.429. The summed E-state index contributed by atoms with van der Waals surface area (Å²) >= 11 is 8.90. The van der Waals surface area contributed by atoms with Crippen LogP contribution in [-0.2, 0) is 0 Å². The average Bonchev–Trinajstić information content (AvgIpc) is 2.61. The number of hydrogen-bond donors (Lipinski definition) is 0. The highest BCUT2D eigenvalue weighted by molar-refractivity contribution is 8.13. The second-order valence-electron chi connectivity index (χ2n) is 2.52. The zero-order chi connectivity index (χ0) is 10.1. The Balaban J connectivity index is 2.35. The molecule has 4 nitrogen and oxygen atoms in total. The van der Waals surface area contributed by atoms with Gasteiger partial charge in [0.05, 0.1) is 0 Å². The van der Waals surface area contributed by atoms with Gasteiger partial charge in [-0.3, -0.25) is 0 Å². The maximum absolute atomic E-state index is 5.97. The first-order chi connectivity index (χ1) is 6.74. The van der Waals surface area contributed by atoms with Crippen LogP contribution in [0.25, 0.3) is 0 Å². The summed E-state index contributed by atoms with van der Waals surface area (Å²) in [6.07, 6.45) is 3.82. The second kappa shape index (κ2) is 4.04. The number of amidine groups is 3. The minimum atomic E-state index is -0.269. The molecule has 0 N–H and O–H groups in total. The van der Waals surface area contributed by atoms with E-state index in [9.17, 15) is 0 Å². The van der Waals surface area contributed by atoms with Crippen LogP contribution < -0.4 is 0 Å². The Morgan fingerprint density at radius 3 is 2.43 bits per heavy atom. The van der Waals surface area contributed by atoms with Gasteiger partial charge >= 0.3 is 0 Å². The SMILES string of the molecule is CSC1=NC2=NC(SC)=NC2C(Cl)=N1. The molecule has 2 rings (SSSR count). The van der Waals surface area contributed by atoms with E-state index < -0.39 is 0 Å². The molecular weight excluding hydrogens is 240 g/mol. The van der Waals surface area contributed by atoms with Crippen LogP contribution >= 0.6 is 35.1 Å². The molecule has 1 atom stereocenters. The summed E-state index contributed by atoms with van der Waals surface area (Å²) in [7, 11) is 0. The predicted molar refractivity (Wildman–Crippen MR) is 66.4 cm³/mol. The lowest BCUT2D eigenvalue weighted by Crippen LogP contribution is -2.25. The molecule has 0 amide bonds.